The third-order valence-corrected chi connectivity index (χ3v) is 4.30. The number of pyridine rings is 2. The number of nitrogens with one attached hydrogen (secondary N) is 1. The number of aromatic nitrogens is 2. The summed E-state index contributed by atoms with van der Waals surface area (Å²) in [6, 6.07) is 0.568. The fourth-order valence-electron chi connectivity index (χ4n) is 3.06. The molecule has 4 nitrogen and oxygen atoms in total. The van der Waals surface area contributed by atoms with Crippen molar-refractivity contribution in [2.45, 2.75) is 37.7 Å². The van der Waals surface area contributed by atoms with Gasteiger partial charge in [-0.15, -0.1) is 0 Å². The van der Waals surface area contributed by atoms with Gasteiger partial charge in [0.05, 0.1) is 17.3 Å². The molecule has 0 saturated heterocycles. The molecule has 0 spiro atoms. The van der Waals surface area contributed by atoms with Crippen molar-refractivity contribution in [3.8, 4) is 0 Å². The normalized spacial score (nSPS) is 17.2. The van der Waals surface area contributed by atoms with Gasteiger partial charge in [-0.3, -0.25) is 14.8 Å². The van der Waals surface area contributed by atoms with Crippen molar-refractivity contribution < 1.29 is 35.5 Å². The van der Waals surface area contributed by atoms with Crippen LogP contribution in [0.4, 0.5) is 30.7 Å². The molecule has 2 heterocycles. The van der Waals surface area contributed by atoms with Gasteiger partial charge in [0.1, 0.15) is 11.4 Å². The zero-order chi connectivity index (χ0) is 20.7. The molecule has 0 radical (unpaired) electrons. The SMILES string of the molecule is O=C(NC1CCCc2cc(C(F)(F)F)cnc21)c1c(F)ccnc1C(F)(F)F. The van der Waals surface area contributed by atoms with Crippen molar-refractivity contribution in [3.05, 3.63) is 58.4 Å². The highest BCUT2D eigenvalue weighted by atomic mass is 19.4. The number of fused-ring (bicyclic) bond motifs is 1. The molecule has 1 N–H and O–H groups in total. The number of alkyl halides is 6. The van der Waals surface area contributed by atoms with Crippen molar-refractivity contribution in [1.29, 1.82) is 0 Å². The van der Waals surface area contributed by atoms with Gasteiger partial charge in [0, 0.05) is 12.4 Å². The van der Waals surface area contributed by atoms with Gasteiger partial charge in [-0.2, -0.15) is 26.3 Å². The second kappa shape index (κ2) is 7.02. The van der Waals surface area contributed by atoms with E-state index in [4.69, 9.17) is 0 Å². The lowest BCUT2D eigenvalue weighted by Crippen LogP contribution is -2.34. The van der Waals surface area contributed by atoms with Crippen LogP contribution in [0.15, 0.2) is 24.5 Å². The Labute approximate surface area is 153 Å². The molecule has 1 atom stereocenters. The molecule has 150 valence electrons. The molecule has 0 fully saturated rings. The fraction of sp³-hybridized carbons (Fsp3) is 0.353. The molecule has 1 aliphatic carbocycles. The van der Waals surface area contributed by atoms with Crippen molar-refractivity contribution >= 4 is 5.91 Å². The van der Waals surface area contributed by atoms with Crippen LogP contribution in [0.25, 0.3) is 0 Å². The first-order chi connectivity index (χ1) is 13.0. The van der Waals surface area contributed by atoms with E-state index in [1.807, 2.05) is 0 Å². The molecule has 2 aromatic rings. The van der Waals surface area contributed by atoms with Crippen LogP contribution in [0.1, 0.15) is 51.8 Å². The number of carbonyl (C=O) groups is 1. The fourth-order valence-corrected chi connectivity index (χ4v) is 3.06. The van der Waals surface area contributed by atoms with E-state index in [9.17, 15) is 35.5 Å². The first kappa shape index (κ1) is 20.0. The van der Waals surface area contributed by atoms with Crippen LogP contribution < -0.4 is 5.32 Å². The van der Waals surface area contributed by atoms with Crippen LogP contribution in [0, 0.1) is 5.82 Å². The molecule has 0 bridgehead atoms. The smallest absolute Gasteiger partial charge is 0.343 e. The highest BCUT2D eigenvalue weighted by Gasteiger charge is 2.40. The molecule has 2 aromatic heterocycles. The molecule has 1 unspecified atom stereocenters. The lowest BCUT2D eigenvalue weighted by atomic mass is 9.90. The van der Waals surface area contributed by atoms with E-state index in [1.54, 1.807) is 0 Å². The molecule has 11 heteroatoms. The number of aryl methyl sites for hydroxylation is 1. The Kier molecular flexibility index (Phi) is 5.02. The summed E-state index contributed by atoms with van der Waals surface area (Å²) in [7, 11) is 0. The summed E-state index contributed by atoms with van der Waals surface area (Å²) in [5.74, 6) is -2.77. The molecule has 3 rings (SSSR count). The highest BCUT2D eigenvalue weighted by Crippen LogP contribution is 2.35. The van der Waals surface area contributed by atoms with Gasteiger partial charge in [0.25, 0.3) is 5.91 Å². The number of carbonyl (C=O) groups excluding carboxylic acids is 1. The van der Waals surface area contributed by atoms with Gasteiger partial charge in [-0.1, -0.05) is 0 Å². The molecule has 28 heavy (non-hydrogen) atoms. The lowest BCUT2D eigenvalue weighted by Gasteiger charge is -2.26. The zero-order valence-corrected chi connectivity index (χ0v) is 14.0. The number of nitrogens with zero attached hydrogens (tertiary/aromatic N) is 2. The molecule has 1 amide bonds. The van der Waals surface area contributed by atoms with E-state index >= 15 is 0 Å². The Morgan fingerprint density at radius 2 is 1.82 bits per heavy atom. The molecule has 0 aliphatic heterocycles. The van der Waals surface area contributed by atoms with E-state index < -0.39 is 46.9 Å². The summed E-state index contributed by atoms with van der Waals surface area (Å²) < 4.78 is 91.5. The maximum Gasteiger partial charge on any atom is 0.434 e. The average Bonchev–Trinajstić information content (AvgIpc) is 2.59. The minimum atomic E-state index is -5.06. The third-order valence-electron chi connectivity index (χ3n) is 4.30. The topological polar surface area (TPSA) is 54.9 Å². The van der Waals surface area contributed by atoms with Gasteiger partial charge in [0.15, 0.2) is 5.69 Å². The van der Waals surface area contributed by atoms with Gasteiger partial charge < -0.3 is 5.32 Å². The third kappa shape index (κ3) is 3.92. The Morgan fingerprint density at radius 3 is 2.46 bits per heavy atom. The minimum absolute atomic E-state index is 0.116. The summed E-state index contributed by atoms with van der Waals surface area (Å²) in [5, 5.41) is 2.24. The summed E-state index contributed by atoms with van der Waals surface area (Å²) in [5.41, 5.74) is -3.56. The number of amides is 1. The van der Waals surface area contributed by atoms with Crippen molar-refractivity contribution in [3.63, 3.8) is 0 Å². The summed E-state index contributed by atoms with van der Waals surface area (Å²) in [6.45, 7) is 0. The van der Waals surface area contributed by atoms with Crippen LogP contribution >= 0.6 is 0 Å². The van der Waals surface area contributed by atoms with Gasteiger partial charge in [0.2, 0.25) is 0 Å². The second-order valence-corrected chi connectivity index (χ2v) is 6.20. The monoisotopic (exact) mass is 407 g/mol. The number of hydrogen-bond donors (Lipinski definition) is 1. The van der Waals surface area contributed by atoms with Crippen LogP contribution in [0.2, 0.25) is 0 Å². The van der Waals surface area contributed by atoms with E-state index in [0.717, 1.165) is 6.07 Å². The Balaban J connectivity index is 1.92. The van der Waals surface area contributed by atoms with Crippen molar-refractivity contribution in [2.24, 2.45) is 0 Å². The molecular weight excluding hydrogens is 395 g/mol. The largest absolute Gasteiger partial charge is 0.434 e. The summed E-state index contributed by atoms with van der Waals surface area (Å²) in [4.78, 5) is 19.1. The first-order valence-corrected chi connectivity index (χ1v) is 8.07. The average molecular weight is 407 g/mol. The van der Waals surface area contributed by atoms with Gasteiger partial charge >= 0.3 is 12.4 Å². The quantitative estimate of drug-likeness (QED) is 0.748. The predicted octanol–water partition coefficient (Wildman–Crippen LogP) is 4.46. The van der Waals surface area contributed by atoms with Crippen LogP contribution in [-0.2, 0) is 18.8 Å². The van der Waals surface area contributed by atoms with Crippen LogP contribution in [0.3, 0.4) is 0 Å². The Morgan fingerprint density at radius 1 is 1.11 bits per heavy atom. The van der Waals surface area contributed by atoms with Crippen LogP contribution in [0.5, 0.6) is 0 Å². The summed E-state index contributed by atoms with van der Waals surface area (Å²) in [6.07, 6.45) is -7.59. The molecule has 0 aromatic carbocycles. The van der Waals surface area contributed by atoms with Crippen molar-refractivity contribution in [2.75, 3.05) is 0 Å². The zero-order valence-electron chi connectivity index (χ0n) is 14.0. The molecular formula is C17H12F7N3O. The Bertz CT molecular complexity index is 909. The standard InChI is InChI=1S/C17H12F7N3O/c18-10-4-5-25-14(17(22,23)24)12(10)15(28)27-11-3-1-2-8-6-9(16(19,20)21)7-26-13(8)11/h4-7,11H,1-3H2,(H,27,28). The maximum atomic E-state index is 13.9. The summed E-state index contributed by atoms with van der Waals surface area (Å²) >= 11 is 0. The first-order valence-electron chi connectivity index (χ1n) is 8.07. The second-order valence-electron chi connectivity index (χ2n) is 6.20. The number of hydrogen-bond acceptors (Lipinski definition) is 3. The minimum Gasteiger partial charge on any atom is -0.343 e. The Hall–Kier alpha value is -2.72. The lowest BCUT2D eigenvalue weighted by molar-refractivity contribution is -0.141. The van der Waals surface area contributed by atoms with E-state index in [0.29, 0.717) is 24.9 Å². The molecule has 0 saturated carbocycles. The predicted molar refractivity (Wildman–Crippen MR) is 81.6 cm³/mol. The van der Waals surface area contributed by atoms with Gasteiger partial charge in [-0.25, -0.2) is 4.39 Å². The number of rotatable bonds is 2. The van der Waals surface area contributed by atoms with E-state index in [-0.39, 0.29) is 24.1 Å². The maximum absolute atomic E-state index is 13.9. The highest BCUT2D eigenvalue weighted by molar-refractivity contribution is 5.96. The van der Waals surface area contributed by atoms with Gasteiger partial charge in [-0.05, 0) is 37.0 Å². The number of halogens is 7. The molecule has 1 aliphatic rings. The van der Waals surface area contributed by atoms with E-state index in [1.165, 1.54) is 0 Å². The van der Waals surface area contributed by atoms with E-state index in [2.05, 4.69) is 15.3 Å². The van der Waals surface area contributed by atoms with Crippen molar-refractivity contribution in [1.82, 2.24) is 15.3 Å². The van der Waals surface area contributed by atoms with Crippen LogP contribution in [-0.4, -0.2) is 15.9 Å².